The number of carbonyl (C=O) groups excluding carboxylic acids is 1. The van der Waals surface area contributed by atoms with Crippen LogP contribution in [0, 0.1) is 29.0 Å². The van der Waals surface area contributed by atoms with Gasteiger partial charge in [0.1, 0.15) is 11.6 Å². The molecule has 4 bridgehead atoms. The second kappa shape index (κ2) is 8.21. The van der Waals surface area contributed by atoms with E-state index in [2.05, 4.69) is 0 Å². The molecule has 1 saturated heterocycles. The van der Waals surface area contributed by atoms with Gasteiger partial charge in [-0.05, 0) is 93.1 Å². The molecule has 6 nitrogen and oxygen atoms in total. The zero-order chi connectivity index (χ0) is 23.6. The molecule has 6 aliphatic rings. The van der Waals surface area contributed by atoms with E-state index in [1.807, 2.05) is 0 Å². The number of carboxylic acids is 1. The minimum absolute atomic E-state index is 0.0629. The van der Waals surface area contributed by atoms with Crippen LogP contribution < -0.4 is 4.74 Å². The van der Waals surface area contributed by atoms with Crippen molar-refractivity contribution in [2.45, 2.75) is 75.9 Å². The van der Waals surface area contributed by atoms with Crippen molar-refractivity contribution in [2.75, 3.05) is 20.3 Å². The molecule has 0 radical (unpaired) electrons. The molecule has 34 heavy (non-hydrogen) atoms. The molecular formula is C27H34FNO5. The van der Waals surface area contributed by atoms with Gasteiger partial charge < -0.3 is 19.5 Å². The van der Waals surface area contributed by atoms with Gasteiger partial charge in [-0.2, -0.15) is 0 Å². The van der Waals surface area contributed by atoms with Crippen LogP contribution >= 0.6 is 0 Å². The minimum atomic E-state index is -1.13. The van der Waals surface area contributed by atoms with E-state index in [4.69, 9.17) is 9.47 Å². The zero-order valence-corrected chi connectivity index (χ0v) is 19.8. The standard InChI is InChI=1S/C27H34FNO5/c1-33-22-4-5-29(24(22)26(31)32)25(30)20-9-19(18-2-3-18)23(10-21(20)28)34-14-27-11-15-6-16(12-27)8-17(7-15)13-27/h9-10,15-18,22,24H,2-8,11-14H2,1H3,(H,31,32)/t15?,16?,17?,22-,24-,27?/m0/s1. The molecule has 0 aromatic heterocycles. The van der Waals surface area contributed by atoms with Crippen molar-refractivity contribution < 1.29 is 28.6 Å². The van der Waals surface area contributed by atoms with E-state index in [0.29, 0.717) is 18.8 Å². The molecule has 1 aliphatic heterocycles. The van der Waals surface area contributed by atoms with Gasteiger partial charge in [0.25, 0.3) is 5.91 Å². The van der Waals surface area contributed by atoms with Gasteiger partial charge >= 0.3 is 5.97 Å². The van der Waals surface area contributed by atoms with E-state index in [9.17, 15) is 14.7 Å². The molecule has 1 aromatic rings. The third kappa shape index (κ3) is 3.80. The number of rotatable bonds is 7. The first-order valence-electron chi connectivity index (χ1n) is 12.9. The van der Waals surface area contributed by atoms with Crippen LogP contribution in [0.1, 0.15) is 79.6 Å². The molecule has 1 amide bonds. The van der Waals surface area contributed by atoms with Crippen LogP contribution in [0.3, 0.4) is 0 Å². The highest BCUT2D eigenvalue weighted by Gasteiger charge is 2.51. The van der Waals surface area contributed by atoms with E-state index in [1.54, 1.807) is 6.07 Å². The number of hydrogen-bond acceptors (Lipinski definition) is 4. The second-order valence-corrected chi connectivity index (χ2v) is 11.7. The van der Waals surface area contributed by atoms with Gasteiger partial charge in [0.2, 0.25) is 0 Å². The Morgan fingerprint density at radius 1 is 1.09 bits per heavy atom. The predicted octanol–water partition coefficient (Wildman–Crippen LogP) is 4.61. The highest BCUT2D eigenvalue weighted by molar-refractivity contribution is 5.97. The fourth-order valence-electron chi connectivity index (χ4n) is 7.96. The third-order valence-electron chi connectivity index (χ3n) is 9.21. The SMILES string of the molecule is CO[C@H]1CCN(C(=O)c2cc(C3CC3)c(OCC34CC5CC(CC(C5)C3)C4)cc2F)[C@@H]1C(=O)O. The van der Waals surface area contributed by atoms with Crippen molar-refractivity contribution in [3.63, 3.8) is 0 Å². The lowest BCUT2D eigenvalue weighted by Crippen LogP contribution is -2.48. The first kappa shape index (κ1) is 22.3. The van der Waals surface area contributed by atoms with Gasteiger partial charge in [0, 0.05) is 25.1 Å². The average molecular weight is 472 g/mol. The van der Waals surface area contributed by atoms with Crippen molar-refractivity contribution in [3.05, 3.63) is 29.1 Å². The quantitative estimate of drug-likeness (QED) is 0.628. The molecule has 1 aromatic carbocycles. The van der Waals surface area contributed by atoms with E-state index in [1.165, 1.54) is 56.6 Å². The molecule has 0 unspecified atom stereocenters. The summed E-state index contributed by atoms with van der Waals surface area (Å²) in [6.45, 7) is 0.864. The molecule has 0 spiro atoms. The summed E-state index contributed by atoms with van der Waals surface area (Å²) in [7, 11) is 1.44. The van der Waals surface area contributed by atoms with Gasteiger partial charge in [0.05, 0.1) is 18.3 Å². The second-order valence-electron chi connectivity index (χ2n) is 11.7. The number of likely N-dealkylation sites (tertiary alicyclic amines) is 1. The lowest BCUT2D eigenvalue weighted by Gasteiger charge is -2.56. The number of benzene rings is 1. The third-order valence-corrected chi connectivity index (χ3v) is 9.21. The van der Waals surface area contributed by atoms with Gasteiger partial charge in [-0.3, -0.25) is 4.79 Å². The Morgan fingerprint density at radius 3 is 2.29 bits per heavy atom. The lowest BCUT2D eigenvalue weighted by atomic mass is 9.50. The van der Waals surface area contributed by atoms with Gasteiger partial charge in [-0.25, -0.2) is 9.18 Å². The minimum Gasteiger partial charge on any atom is -0.493 e. The van der Waals surface area contributed by atoms with Crippen molar-refractivity contribution in [1.29, 1.82) is 0 Å². The molecule has 6 fully saturated rings. The Kier molecular flexibility index (Phi) is 5.39. The Morgan fingerprint density at radius 2 is 1.74 bits per heavy atom. The highest BCUT2D eigenvalue weighted by atomic mass is 19.1. The molecule has 7 heteroatoms. The largest absolute Gasteiger partial charge is 0.493 e. The Balaban J connectivity index is 1.24. The van der Waals surface area contributed by atoms with E-state index < -0.39 is 29.8 Å². The van der Waals surface area contributed by atoms with Crippen LogP contribution in [0.15, 0.2) is 12.1 Å². The van der Waals surface area contributed by atoms with Crippen LogP contribution in [-0.4, -0.2) is 54.3 Å². The first-order valence-corrected chi connectivity index (χ1v) is 12.9. The Hall–Kier alpha value is -2.15. The highest BCUT2D eigenvalue weighted by Crippen LogP contribution is 2.60. The van der Waals surface area contributed by atoms with E-state index in [0.717, 1.165) is 36.2 Å². The number of carboxylic acid groups (broad SMARTS) is 1. The number of carbonyl (C=O) groups is 2. The van der Waals surface area contributed by atoms with Gasteiger partial charge in [0.15, 0.2) is 6.04 Å². The summed E-state index contributed by atoms with van der Waals surface area (Å²) in [5.41, 5.74) is 1.05. The number of hydrogen-bond donors (Lipinski definition) is 1. The number of halogens is 1. The summed E-state index contributed by atoms with van der Waals surface area (Å²) in [5.74, 6) is 0.974. The van der Waals surface area contributed by atoms with Gasteiger partial charge in [-0.15, -0.1) is 0 Å². The molecule has 7 rings (SSSR count). The maximum Gasteiger partial charge on any atom is 0.329 e. The monoisotopic (exact) mass is 471 g/mol. The number of aliphatic carboxylic acids is 1. The molecule has 184 valence electrons. The fraction of sp³-hybridized carbons (Fsp3) is 0.704. The number of ether oxygens (including phenoxy) is 2. The Labute approximate surface area is 199 Å². The number of methoxy groups -OCH3 is 1. The molecule has 2 atom stereocenters. The van der Waals surface area contributed by atoms with Crippen LogP contribution in [0.2, 0.25) is 0 Å². The van der Waals surface area contributed by atoms with Crippen LogP contribution in [-0.2, 0) is 9.53 Å². The van der Waals surface area contributed by atoms with Crippen molar-refractivity contribution >= 4 is 11.9 Å². The van der Waals surface area contributed by atoms with E-state index >= 15 is 4.39 Å². The molecule has 1 heterocycles. The number of nitrogens with zero attached hydrogens (tertiary/aromatic N) is 1. The topological polar surface area (TPSA) is 76.1 Å². The zero-order valence-electron chi connectivity index (χ0n) is 19.8. The normalized spacial score (nSPS) is 36.2. The summed E-state index contributed by atoms with van der Waals surface area (Å²) < 4.78 is 26.9. The van der Waals surface area contributed by atoms with Crippen molar-refractivity contribution in [2.24, 2.45) is 23.2 Å². The first-order chi connectivity index (χ1) is 16.4. The maximum atomic E-state index is 15.3. The van der Waals surface area contributed by atoms with Crippen LogP contribution in [0.4, 0.5) is 4.39 Å². The lowest BCUT2D eigenvalue weighted by molar-refractivity contribution is -0.144. The molecular weight excluding hydrogens is 437 g/mol. The molecule has 1 N–H and O–H groups in total. The fourth-order valence-corrected chi connectivity index (χ4v) is 7.96. The van der Waals surface area contributed by atoms with Gasteiger partial charge in [-0.1, -0.05) is 0 Å². The summed E-state index contributed by atoms with van der Waals surface area (Å²) in [6, 6.07) is 1.90. The Bertz CT molecular complexity index is 970. The summed E-state index contributed by atoms with van der Waals surface area (Å²) >= 11 is 0. The smallest absolute Gasteiger partial charge is 0.329 e. The van der Waals surface area contributed by atoms with Crippen molar-refractivity contribution in [3.8, 4) is 5.75 Å². The average Bonchev–Trinajstić information content (AvgIpc) is 3.53. The molecule has 5 saturated carbocycles. The van der Waals surface area contributed by atoms with Crippen LogP contribution in [0.5, 0.6) is 5.75 Å². The molecule has 5 aliphatic carbocycles. The summed E-state index contributed by atoms with van der Waals surface area (Å²) in [6.07, 6.45) is 9.62. The summed E-state index contributed by atoms with van der Waals surface area (Å²) in [5, 5.41) is 9.65. The summed E-state index contributed by atoms with van der Waals surface area (Å²) in [4.78, 5) is 26.3. The van der Waals surface area contributed by atoms with E-state index in [-0.39, 0.29) is 23.4 Å². The number of amides is 1. The predicted molar refractivity (Wildman–Crippen MR) is 122 cm³/mol. The van der Waals surface area contributed by atoms with Crippen molar-refractivity contribution in [1.82, 2.24) is 4.90 Å². The van der Waals surface area contributed by atoms with Crippen LogP contribution in [0.25, 0.3) is 0 Å². The maximum absolute atomic E-state index is 15.3.